The van der Waals surface area contributed by atoms with Crippen LogP contribution in [-0.4, -0.2) is 80.0 Å². The van der Waals surface area contributed by atoms with Crippen LogP contribution in [-0.2, 0) is 16.4 Å². The Morgan fingerprint density at radius 3 is 2.30 bits per heavy atom. The Kier molecular flexibility index (Phi) is 8.14. The van der Waals surface area contributed by atoms with Gasteiger partial charge in [0.05, 0.1) is 11.5 Å². The number of hydrogen-bond acceptors (Lipinski definition) is 8. The van der Waals surface area contributed by atoms with Crippen LogP contribution in [0.1, 0.15) is 25.0 Å². The normalized spacial score (nSPS) is 18.0. The van der Waals surface area contributed by atoms with E-state index in [2.05, 4.69) is 53.0 Å². The molecule has 0 atom stereocenters. The number of aromatic nitrogens is 1. The van der Waals surface area contributed by atoms with E-state index in [1.165, 1.54) is 17.8 Å². The summed E-state index contributed by atoms with van der Waals surface area (Å²) in [5.41, 5.74) is 4.98. The molecule has 3 heterocycles. The molecule has 2 saturated heterocycles. The number of anilines is 3. The van der Waals surface area contributed by atoms with Crippen molar-refractivity contribution in [2.45, 2.75) is 33.4 Å². The molecule has 0 bridgehead atoms. The number of para-hydroxylation sites is 1. The van der Waals surface area contributed by atoms with Crippen molar-refractivity contribution in [1.29, 1.82) is 0 Å². The molecule has 4 aromatic rings. The molecule has 8 nitrogen and oxygen atoms in total. The standard InChI is InChI=1S/C32H37F2N5O3S/c1-21(2)38-9-11-39(12-10-38)30-8-7-24(17-22(30)3)35-32-36-29-6-4-5-25(31(29)42-32)23-18-27(33)26(28(34)19-23)20-37-13-15-43(40,41)16-14-37/h4-8,17-19,21H,9-16,20H2,1-3H3,(H,35,36). The fourth-order valence-corrected chi connectivity index (χ4v) is 7.24. The van der Waals surface area contributed by atoms with Gasteiger partial charge in [-0.05, 0) is 68.3 Å². The Morgan fingerprint density at radius 1 is 0.953 bits per heavy atom. The molecule has 2 fully saturated rings. The number of piperazine rings is 1. The van der Waals surface area contributed by atoms with E-state index >= 15 is 8.78 Å². The van der Waals surface area contributed by atoms with Crippen LogP contribution in [0.15, 0.2) is 52.9 Å². The Bertz CT molecular complexity index is 1710. The number of nitrogens with one attached hydrogen (secondary N) is 1. The first-order valence-corrected chi connectivity index (χ1v) is 16.6. The van der Waals surface area contributed by atoms with Gasteiger partial charge in [0.2, 0.25) is 0 Å². The van der Waals surface area contributed by atoms with Crippen LogP contribution in [0, 0.1) is 18.6 Å². The number of hydrogen-bond donors (Lipinski definition) is 1. The first-order chi connectivity index (χ1) is 20.6. The summed E-state index contributed by atoms with van der Waals surface area (Å²) in [5, 5.41) is 3.25. The van der Waals surface area contributed by atoms with Gasteiger partial charge >= 0.3 is 0 Å². The largest absolute Gasteiger partial charge is 0.423 e. The number of nitrogens with zero attached hydrogens (tertiary/aromatic N) is 4. The van der Waals surface area contributed by atoms with Crippen LogP contribution in [0.3, 0.4) is 0 Å². The van der Waals surface area contributed by atoms with E-state index in [0.717, 1.165) is 37.4 Å². The first kappa shape index (κ1) is 29.5. The van der Waals surface area contributed by atoms with Gasteiger partial charge in [-0.3, -0.25) is 9.80 Å². The third-order valence-corrected chi connectivity index (χ3v) is 10.1. The topological polar surface area (TPSA) is 81.9 Å². The lowest BCUT2D eigenvalue weighted by atomic mass is 10.0. The van der Waals surface area contributed by atoms with E-state index in [9.17, 15) is 8.42 Å². The molecule has 1 aromatic heterocycles. The summed E-state index contributed by atoms with van der Waals surface area (Å²) in [5.74, 6) is -1.37. The van der Waals surface area contributed by atoms with Crippen molar-refractivity contribution < 1.29 is 21.6 Å². The Morgan fingerprint density at radius 2 is 1.65 bits per heavy atom. The fourth-order valence-electron chi connectivity index (χ4n) is 5.96. The van der Waals surface area contributed by atoms with Crippen LogP contribution in [0.2, 0.25) is 0 Å². The van der Waals surface area contributed by atoms with Gasteiger partial charge in [0.1, 0.15) is 17.2 Å². The highest BCUT2D eigenvalue weighted by molar-refractivity contribution is 7.91. The zero-order valence-corrected chi connectivity index (χ0v) is 25.6. The second kappa shape index (κ2) is 11.9. The number of fused-ring (bicyclic) bond motifs is 1. The lowest BCUT2D eigenvalue weighted by Crippen LogP contribution is -2.49. The molecule has 0 radical (unpaired) electrons. The average Bonchev–Trinajstić information content (AvgIpc) is 3.38. The minimum absolute atomic E-state index is 0.00234. The molecule has 228 valence electrons. The minimum Gasteiger partial charge on any atom is -0.423 e. The van der Waals surface area contributed by atoms with E-state index in [-0.39, 0.29) is 42.7 Å². The summed E-state index contributed by atoms with van der Waals surface area (Å²) < 4.78 is 59.9. The molecule has 1 N–H and O–H groups in total. The highest BCUT2D eigenvalue weighted by Crippen LogP contribution is 2.34. The number of oxazole rings is 1. The number of benzene rings is 3. The van der Waals surface area contributed by atoms with Crippen molar-refractivity contribution in [3.05, 3.63) is 71.3 Å². The Hall–Kier alpha value is -3.54. The van der Waals surface area contributed by atoms with Gasteiger partial charge in [-0.25, -0.2) is 17.2 Å². The monoisotopic (exact) mass is 609 g/mol. The molecular formula is C32H37F2N5O3S. The molecular weight excluding hydrogens is 572 g/mol. The zero-order valence-electron chi connectivity index (χ0n) is 24.7. The zero-order chi connectivity index (χ0) is 30.3. The maximum absolute atomic E-state index is 15.2. The average molecular weight is 610 g/mol. The molecule has 3 aromatic carbocycles. The summed E-state index contributed by atoms with van der Waals surface area (Å²) in [4.78, 5) is 11.3. The van der Waals surface area contributed by atoms with Gasteiger partial charge in [0, 0.05) is 74.4 Å². The molecule has 0 unspecified atom stereocenters. The van der Waals surface area contributed by atoms with Gasteiger partial charge in [0.15, 0.2) is 15.4 Å². The SMILES string of the molecule is Cc1cc(Nc2nc3cccc(-c4cc(F)c(CN5CCS(=O)(=O)CC5)c(F)c4)c3o2)ccc1N1CCN(C(C)C)CC1. The van der Waals surface area contributed by atoms with E-state index < -0.39 is 21.5 Å². The molecule has 0 saturated carbocycles. The second-order valence-corrected chi connectivity index (χ2v) is 14.1. The number of aryl methyl sites for hydroxylation is 1. The number of halogens is 2. The summed E-state index contributed by atoms with van der Waals surface area (Å²) in [6.07, 6.45) is 0. The van der Waals surface area contributed by atoms with Crippen molar-refractivity contribution in [2.75, 3.05) is 61.0 Å². The molecule has 0 spiro atoms. The summed E-state index contributed by atoms with van der Waals surface area (Å²) in [6, 6.07) is 15.0. The minimum atomic E-state index is -3.08. The molecule has 0 amide bonds. The highest BCUT2D eigenvalue weighted by Gasteiger charge is 2.25. The van der Waals surface area contributed by atoms with Gasteiger partial charge < -0.3 is 14.6 Å². The smallest absolute Gasteiger partial charge is 0.300 e. The van der Waals surface area contributed by atoms with E-state index in [4.69, 9.17) is 4.42 Å². The second-order valence-electron chi connectivity index (χ2n) is 11.8. The van der Waals surface area contributed by atoms with Crippen LogP contribution in [0.4, 0.5) is 26.2 Å². The van der Waals surface area contributed by atoms with Gasteiger partial charge in [-0.15, -0.1) is 0 Å². The maximum atomic E-state index is 15.2. The molecule has 0 aliphatic carbocycles. The summed E-state index contributed by atoms with van der Waals surface area (Å²) in [6.45, 7) is 11.2. The number of sulfone groups is 1. The molecule has 11 heteroatoms. The van der Waals surface area contributed by atoms with Crippen LogP contribution in [0.25, 0.3) is 22.2 Å². The summed E-state index contributed by atoms with van der Waals surface area (Å²) >= 11 is 0. The van der Waals surface area contributed by atoms with Gasteiger partial charge in [-0.2, -0.15) is 4.98 Å². The van der Waals surface area contributed by atoms with E-state index in [0.29, 0.717) is 28.3 Å². The molecule has 6 rings (SSSR count). The molecule has 2 aliphatic rings. The molecule has 43 heavy (non-hydrogen) atoms. The van der Waals surface area contributed by atoms with Crippen molar-refractivity contribution in [2.24, 2.45) is 0 Å². The summed E-state index contributed by atoms with van der Waals surface area (Å²) in [7, 11) is -3.08. The Labute approximate surface area is 251 Å². The predicted octanol–water partition coefficient (Wildman–Crippen LogP) is 5.59. The van der Waals surface area contributed by atoms with Crippen molar-refractivity contribution >= 4 is 38.3 Å². The fraction of sp³-hybridized carbons (Fsp3) is 0.406. The highest BCUT2D eigenvalue weighted by atomic mass is 32.2. The molecule has 2 aliphatic heterocycles. The predicted molar refractivity (Wildman–Crippen MR) is 167 cm³/mol. The number of rotatable bonds is 7. The van der Waals surface area contributed by atoms with Crippen molar-refractivity contribution in [3.63, 3.8) is 0 Å². The lowest BCUT2D eigenvalue weighted by molar-refractivity contribution is 0.209. The third-order valence-electron chi connectivity index (χ3n) is 8.52. The van der Waals surface area contributed by atoms with Crippen molar-refractivity contribution in [3.8, 4) is 11.1 Å². The Balaban J connectivity index is 1.19. The quantitative estimate of drug-likeness (QED) is 0.291. The van der Waals surface area contributed by atoms with Crippen LogP contribution in [0.5, 0.6) is 0 Å². The first-order valence-electron chi connectivity index (χ1n) is 14.7. The van der Waals surface area contributed by atoms with Crippen LogP contribution < -0.4 is 10.2 Å². The van der Waals surface area contributed by atoms with Crippen molar-refractivity contribution in [1.82, 2.24) is 14.8 Å². The van der Waals surface area contributed by atoms with E-state index in [1.807, 2.05) is 6.07 Å². The van der Waals surface area contributed by atoms with Gasteiger partial charge in [-0.1, -0.05) is 12.1 Å². The third kappa shape index (κ3) is 6.39. The van der Waals surface area contributed by atoms with E-state index in [1.54, 1.807) is 23.1 Å². The lowest BCUT2D eigenvalue weighted by Gasteiger charge is -2.38. The van der Waals surface area contributed by atoms with Crippen LogP contribution >= 0.6 is 0 Å². The van der Waals surface area contributed by atoms with Gasteiger partial charge in [0.25, 0.3) is 6.01 Å². The maximum Gasteiger partial charge on any atom is 0.300 e.